The van der Waals surface area contributed by atoms with Crippen molar-refractivity contribution < 1.29 is 9.59 Å². The molecular formula is C14H19N3O2. The summed E-state index contributed by atoms with van der Waals surface area (Å²) >= 11 is 0. The van der Waals surface area contributed by atoms with E-state index < -0.39 is 0 Å². The molecule has 102 valence electrons. The fourth-order valence-corrected chi connectivity index (χ4v) is 1.44. The Labute approximate surface area is 113 Å². The molecule has 0 aliphatic carbocycles. The molecule has 0 spiro atoms. The lowest BCUT2D eigenvalue weighted by molar-refractivity contribution is -0.126. The summed E-state index contributed by atoms with van der Waals surface area (Å²) < 4.78 is 0. The summed E-state index contributed by atoms with van der Waals surface area (Å²) in [4.78, 5) is 24.9. The number of benzene rings is 1. The minimum Gasteiger partial charge on any atom is -0.378 e. The first-order valence-electron chi connectivity index (χ1n) is 5.97. The van der Waals surface area contributed by atoms with Crippen molar-refractivity contribution in [3.8, 4) is 0 Å². The molecule has 5 heteroatoms. The number of anilines is 2. The van der Waals surface area contributed by atoms with Crippen molar-refractivity contribution in [3.05, 3.63) is 36.9 Å². The molecule has 0 fully saturated rings. The zero-order chi connectivity index (χ0) is 14.3. The summed E-state index contributed by atoms with van der Waals surface area (Å²) in [5, 5.41) is 5.22. The standard InChI is InChI=1S/C14H19N3O2/c1-4-9-15-13(18)10-14(19)16-11-5-7-12(8-6-11)17(2)3/h4-8H,1,9-10H2,2-3H3,(H,15,18)(H,16,19). The van der Waals surface area contributed by atoms with Gasteiger partial charge in [0, 0.05) is 32.0 Å². The van der Waals surface area contributed by atoms with Crippen molar-refractivity contribution in [2.24, 2.45) is 0 Å². The van der Waals surface area contributed by atoms with E-state index in [-0.39, 0.29) is 18.2 Å². The normalized spacial score (nSPS) is 9.58. The highest BCUT2D eigenvalue weighted by Crippen LogP contribution is 2.15. The number of hydrogen-bond acceptors (Lipinski definition) is 3. The molecule has 0 aliphatic heterocycles. The van der Waals surface area contributed by atoms with Gasteiger partial charge in [0.05, 0.1) is 0 Å². The van der Waals surface area contributed by atoms with Crippen LogP contribution in [-0.4, -0.2) is 32.5 Å². The Balaban J connectivity index is 2.48. The Morgan fingerprint density at radius 2 is 1.84 bits per heavy atom. The lowest BCUT2D eigenvalue weighted by atomic mass is 10.2. The predicted molar refractivity (Wildman–Crippen MR) is 77.2 cm³/mol. The first-order valence-corrected chi connectivity index (χ1v) is 5.97. The second-order valence-corrected chi connectivity index (χ2v) is 4.26. The van der Waals surface area contributed by atoms with Crippen LogP contribution in [0.1, 0.15) is 6.42 Å². The van der Waals surface area contributed by atoms with Gasteiger partial charge < -0.3 is 15.5 Å². The maximum atomic E-state index is 11.6. The highest BCUT2D eigenvalue weighted by molar-refractivity contribution is 6.03. The Bertz CT molecular complexity index is 452. The molecule has 2 N–H and O–H groups in total. The number of amides is 2. The van der Waals surface area contributed by atoms with E-state index in [1.54, 1.807) is 18.2 Å². The lowest BCUT2D eigenvalue weighted by Gasteiger charge is -2.13. The summed E-state index contributed by atoms with van der Waals surface area (Å²) in [6, 6.07) is 7.39. The maximum absolute atomic E-state index is 11.6. The molecule has 0 saturated heterocycles. The van der Waals surface area contributed by atoms with Gasteiger partial charge in [-0.05, 0) is 24.3 Å². The fraction of sp³-hybridized carbons (Fsp3) is 0.286. The third-order valence-corrected chi connectivity index (χ3v) is 2.43. The number of nitrogens with zero attached hydrogens (tertiary/aromatic N) is 1. The molecule has 2 amide bonds. The molecule has 1 aromatic rings. The first kappa shape index (κ1) is 14.8. The van der Waals surface area contributed by atoms with E-state index in [1.165, 1.54) is 0 Å². The average molecular weight is 261 g/mol. The highest BCUT2D eigenvalue weighted by atomic mass is 16.2. The van der Waals surface area contributed by atoms with Gasteiger partial charge >= 0.3 is 0 Å². The van der Waals surface area contributed by atoms with Crippen LogP contribution in [0.25, 0.3) is 0 Å². The smallest absolute Gasteiger partial charge is 0.233 e. The van der Waals surface area contributed by atoms with Gasteiger partial charge in [-0.25, -0.2) is 0 Å². The zero-order valence-corrected chi connectivity index (χ0v) is 11.3. The van der Waals surface area contributed by atoms with Gasteiger partial charge in [0.2, 0.25) is 11.8 Å². The number of rotatable bonds is 6. The average Bonchev–Trinajstić information content (AvgIpc) is 2.36. The minimum absolute atomic E-state index is 0.191. The van der Waals surface area contributed by atoms with Gasteiger partial charge in [0.25, 0.3) is 0 Å². The largest absolute Gasteiger partial charge is 0.378 e. The summed E-state index contributed by atoms with van der Waals surface area (Å²) in [5.41, 5.74) is 1.72. The molecule has 5 nitrogen and oxygen atoms in total. The molecule has 1 rings (SSSR count). The topological polar surface area (TPSA) is 61.4 Å². The van der Waals surface area contributed by atoms with Crippen LogP contribution < -0.4 is 15.5 Å². The van der Waals surface area contributed by atoms with Crippen molar-refractivity contribution >= 4 is 23.2 Å². The summed E-state index contributed by atoms with van der Waals surface area (Å²) in [7, 11) is 3.88. The second kappa shape index (κ2) is 7.20. The van der Waals surface area contributed by atoms with Crippen LogP contribution in [0, 0.1) is 0 Å². The van der Waals surface area contributed by atoms with E-state index in [2.05, 4.69) is 17.2 Å². The van der Waals surface area contributed by atoms with Crippen LogP contribution in [0.4, 0.5) is 11.4 Å². The highest BCUT2D eigenvalue weighted by Gasteiger charge is 2.08. The van der Waals surface area contributed by atoms with Gasteiger partial charge in [0.1, 0.15) is 6.42 Å². The van der Waals surface area contributed by atoms with E-state index >= 15 is 0 Å². The number of carbonyl (C=O) groups excluding carboxylic acids is 2. The van der Waals surface area contributed by atoms with E-state index in [0.29, 0.717) is 12.2 Å². The van der Waals surface area contributed by atoms with Crippen molar-refractivity contribution in [1.82, 2.24) is 5.32 Å². The van der Waals surface area contributed by atoms with Gasteiger partial charge in [-0.15, -0.1) is 6.58 Å². The van der Waals surface area contributed by atoms with Gasteiger partial charge in [-0.1, -0.05) is 6.08 Å². The van der Waals surface area contributed by atoms with Gasteiger partial charge in [-0.3, -0.25) is 9.59 Å². The van der Waals surface area contributed by atoms with Gasteiger partial charge in [0.15, 0.2) is 0 Å². The third-order valence-electron chi connectivity index (χ3n) is 2.43. The molecule has 19 heavy (non-hydrogen) atoms. The van der Waals surface area contributed by atoms with Gasteiger partial charge in [-0.2, -0.15) is 0 Å². The molecule has 0 bridgehead atoms. The van der Waals surface area contributed by atoms with Crippen molar-refractivity contribution in [3.63, 3.8) is 0 Å². The second-order valence-electron chi connectivity index (χ2n) is 4.26. The van der Waals surface area contributed by atoms with Crippen molar-refractivity contribution in [1.29, 1.82) is 0 Å². The monoisotopic (exact) mass is 261 g/mol. The SMILES string of the molecule is C=CCNC(=O)CC(=O)Nc1ccc(N(C)C)cc1. The summed E-state index contributed by atoms with van der Waals surface area (Å²) in [5.74, 6) is -0.651. The molecule has 0 aromatic heterocycles. The molecule has 0 heterocycles. The summed E-state index contributed by atoms with van der Waals surface area (Å²) in [6.45, 7) is 3.85. The Hall–Kier alpha value is -2.30. The van der Waals surface area contributed by atoms with E-state index in [1.807, 2.05) is 31.1 Å². The molecular weight excluding hydrogens is 242 g/mol. The Kier molecular flexibility index (Phi) is 5.60. The zero-order valence-electron chi connectivity index (χ0n) is 11.3. The van der Waals surface area contributed by atoms with Crippen LogP contribution in [0.5, 0.6) is 0 Å². The van der Waals surface area contributed by atoms with Crippen LogP contribution in [-0.2, 0) is 9.59 Å². The van der Waals surface area contributed by atoms with Crippen LogP contribution in [0.15, 0.2) is 36.9 Å². The van der Waals surface area contributed by atoms with Crippen LogP contribution in [0.3, 0.4) is 0 Å². The molecule has 0 atom stereocenters. The Morgan fingerprint density at radius 3 is 2.37 bits per heavy atom. The third kappa shape index (κ3) is 5.25. The van der Waals surface area contributed by atoms with E-state index in [4.69, 9.17) is 0 Å². The first-order chi connectivity index (χ1) is 9.02. The summed E-state index contributed by atoms with van der Waals surface area (Å²) in [6.07, 6.45) is 1.37. The Morgan fingerprint density at radius 1 is 1.21 bits per heavy atom. The molecule has 0 radical (unpaired) electrons. The maximum Gasteiger partial charge on any atom is 0.233 e. The van der Waals surface area contributed by atoms with Crippen LogP contribution >= 0.6 is 0 Å². The number of carbonyl (C=O) groups is 2. The number of nitrogens with one attached hydrogen (secondary N) is 2. The molecule has 0 aliphatic rings. The predicted octanol–water partition coefficient (Wildman–Crippen LogP) is 1.38. The molecule has 1 aromatic carbocycles. The minimum atomic E-state index is -0.334. The molecule has 0 saturated carbocycles. The van der Waals surface area contributed by atoms with E-state index in [0.717, 1.165) is 5.69 Å². The number of hydrogen-bond donors (Lipinski definition) is 2. The fourth-order valence-electron chi connectivity index (χ4n) is 1.44. The van der Waals surface area contributed by atoms with Crippen LogP contribution in [0.2, 0.25) is 0 Å². The molecule has 0 unspecified atom stereocenters. The van der Waals surface area contributed by atoms with E-state index in [9.17, 15) is 9.59 Å². The quantitative estimate of drug-likeness (QED) is 0.601. The van der Waals surface area contributed by atoms with Crippen molar-refractivity contribution in [2.45, 2.75) is 6.42 Å². The van der Waals surface area contributed by atoms with Crippen molar-refractivity contribution in [2.75, 3.05) is 30.9 Å². The lowest BCUT2D eigenvalue weighted by Crippen LogP contribution is -2.28.